The van der Waals surface area contributed by atoms with Crippen molar-refractivity contribution in [1.29, 1.82) is 0 Å². The van der Waals surface area contributed by atoms with Gasteiger partial charge in [0.1, 0.15) is 0 Å². The first kappa shape index (κ1) is 22.5. The number of piperazine rings is 1. The standard InChI is InChI=1S/C23H31N3O3S/c1-18(2)16-22(19-8-5-4-6-9-19)24-23(27)20-10-7-11-21(17-20)30(28,29)26-14-12-25(3)13-15-26/h4-11,17-18,22H,12-16H2,1-3H3,(H,24,27)/t22-/m0/s1. The van der Waals surface area contributed by atoms with Crippen molar-refractivity contribution in [2.24, 2.45) is 5.92 Å². The van der Waals surface area contributed by atoms with Crippen LogP contribution in [-0.4, -0.2) is 56.8 Å². The van der Waals surface area contributed by atoms with E-state index in [0.717, 1.165) is 12.0 Å². The van der Waals surface area contributed by atoms with Crippen molar-refractivity contribution < 1.29 is 13.2 Å². The van der Waals surface area contributed by atoms with Gasteiger partial charge in [-0.1, -0.05) is 50.2 Å². The molecule has 1 saturated heterocycles. The minimum Gasteiger partial charge on any atom is -0.345 e. The number of benzene rings is 2. The van der Waals surface area contributed by atoms with Gasteiger partial charge in [-0.15, -0.1) is 0 Å². The van der Waals surface area contributed by atoms with Gasteiger partial charge in [0.05, 0.1) is 10.9 Å². The molecule has 3 rings (SSSR count). The summed E-state index contributed by atoms with van der Waals surface area (Å²) in [5, 5.41) is 3.09. The molecule has 0 spiro atoms. The lowest BCUT2D eigenvalue weighted by Gasteiger charge is -2.31. The molecule has 162 valence electrons. The predicted molar refractivity (Wildman–Crippen MR) is 119 cm³/mol. The maximum Gasteiger partial charge on any atom is 0.251 e. The highest BCUT2D eigenvalue weighted by atomic mass is 32.2. The smallest absolute Gasteiger partial charge is 0.251 e. The summed E-state index contributed by atoms with van der Waals surface area (Å²) < 4.78 is 27.6. The largest absolute Gasteiger partial charge is 0.345 e. The van der Waals surface area contributed by atoms with E-state index in [1.165, 1.54) is 10.4 Å². The molecule has 2 aromatic carbocycles. The fourth-order valence-corrected chi connectivity index (χ4v) is 5.12. The molecular weight excluding hydrogens is 398 g/mol. The van der Waals surface area contributed by atoms with Gasteiger partial charge in [0, 0.05) is 31.7 Å². The molecule has 2 aromatic rings. The van der Waals surface area contributed by atoms with Crippen molar-refractivity contribution in [1.82, 2.24) is 14.5 Å². The molecular formula is C23H31N3O3S. The summed E-state index contributed by atoms with van der Waals surface area (Å²) in [5.74, 6) is 0.138. The van der Waals surface area contributed by atoms with Gasteiger partial charge < -0.3 is 10.2 Å². The van der Waals surface area contributed by atoms with Crippen molar-refractivity contribution in [3.05, 3.63) is 65.7 Å². The summed E-state index contributed by atoms with van der Waals surface area (Å²) in [6, 6.07) is 16.1. The van der Waals surface area contributed by atoms with Crippen molar-refractivity contribution in [3.8, 4) is 0 Å². The zero-order valence-corrected chi connectivity index (χ0v) is 18.7. The summed E-state index contributed by atoms with van der Waals surface area (Å²) in [6.07, 6.45) is 0.801. The van der Waals surface area contributed by atoms with Gasteiger partial charge in [0.15, 0.2) is 0 Å². The van der Waals surface area contributed by atoms with Crippen LogP contribution >= 0.6 is 0 Å². The van der Waals surface area contributed by atoms with Gasteiger partial charge in [0.2, 0.25) is 10.0 Å². The number of nitrogens with one attached hydrogen (secondary N) is 1. The van der Waals surface area contributed by atoms with E-state index in [0.29, 0.717) is 37.7 Å². The Morgan fingerprint density at radius 1 is 1.00 bits per heavy atom. The minimum atomic E-state index is -3.61. The average Bonchev–Trinajstić information content (AvgIpc) is 2.74. The molecule has 0 saturated carbocycles. The van der Waals surface area contributed by atoms with Gasteiger partial charge in [-0.25, -0.2) is 8.42 Å². The molecule has 0 unspecified atom stereocenters. The van der Waals surface area contributed by atoms with Crippen LogP contribution in [0.25, 0.3) is 0 Å². The number of carbonyl (C=O) groups excluding carboxylic acids is 1. The van der Waals surface area contributed by atoms with Gasteiger partial charge in [-0.05, 0) is 43.1 Å². The minimum absolute atomic E-state index is 0.128. The fraction of sp³-hybridized carbons (Fsp3) is 0.435. The second-order valence-corrected chi connectivity index (χ2v) is 10.2. The van der Waals surface area contributed by atoms with E-state index in [9.17, 15) is 13.2 Å². The van der Waals surface area contributed by atoms with Crippen LogP contribution in [0, 0.1) is 5.92 Å². The molecule has 0 bridgehead atoms. The number of sulfonamides is 1. The maximum absolute atomic E-state index is 13.0. The van der Waals surface area contributed by atoms with Crippen LogP contribution in [0.2, 0.25) is 0 Å². The van der Waals surface area contributed by atoms with Crippen molar-refractivity contribution in [2.75, 3.05) is 33.2 Å². The van der Waals surface area contributed by atoms with E-state index in [4.69, 9.17) is 0 Å². The highest BCUT2D eigenvalue weighted by Crippen LogP contribution is 2.23. The highest BCUT2D eigenvalue weighted by Gasteiger charge is 2.28. The van der Waals surface area contributed by atoms with Crippen LogP contribution < -0.4 is 5.32 Å². The first-order valence-corrected chi connectivity index (χ1v) is 11.9. The third-order valence-corrected chi connectivity index (χ3v) is 7.31. The number of likely N-dealkylation sites (N-methyl/N-ethyl adjacent to an activating group) is 1. The van der Waals surface area contributed by atoms with Crippen molar-refractivity contribution >= 4 is 15.9 Å². The van der Waals surface area contributed by atoms with Crippen LogP contribution in [0.5, 0.6) is 0 Å². The number of rotatable bonds is 7. The van der Waals surface area contributed by atoms with Crippen LogP contribution in [0.1, 0.15) is 42.2 Å². The van der Waals surface area contributed by atoms with Crippen molar-refractivity contribution in [2.45, 2.75) is 31.2 Å². The Morgan fingerprint density at radius 3 is 2.30 bits per heavy atom. The molecule has 0 radical (unpaired) electrons. The molecule has 6 nitrogen and oxygen atoms in total. The Hall–Kier alpha value is -2.22. The topological polar surface area (TPSA) is 69.7 Å². The van der Waals surface area contributed by atoms with E-state index in [2.05, 4.69) is 24.1 Å². The van der Waals surface area contributed by atoms with Crippen LogP contribution in [-0.2, 0) is 10.0 Å². The lowest BCUT2D eigenvalue weighted by atomic mass is 9.96. The van der Waals surface area contributed by atoms with Gasteiger partial charge in [0.25, 0.3) is 5.91 Å². The second kappa shape index (κ2) is 9.73. The maximum atomic E-state index is 13.0. The number of hydrogen-bond donors (Lipinski definition) is 1. The molecule has 1 heterocycles. The molecule has 1 atom stereocenters. The molecule has 1 fully saturated rings. The zero-order chi connectivity index (χ0) is 21.7. The third-order valence-electron chi connectivity index (χ3n) is 5.41. The SMILES string of the molecule is CC(C)C[C@H](NC(=O)c1cccc(S(=O)(=O)N2CCN(C)CC2)c1)c1ccccc1. The lowest BCUT2D eigenvalue weighted by molar-refractivity contribution is 0.0931. The van der Waals surface area contributed by atoms with Gasteiger partial charge in [-0.3, -0.25) is 4.79 Å². The molecule has 7 heteroatoms. The van der Waals surface area contributed by atoms with E-state index in [-0.39, 0.29) is 16.8 Å². The third kappa shape index (κ3) is 5.47. The predicted octanol–water partition coefficient (Wildman–Crippen LogP) is 3.14. The Morgan fingerprint density at radius 2 is 1.67 bits per heavy atom. The summed E-state index contributed by atoms with van der Waals surface area (Å²) in [7, 11) is -1.63. The Labute approximate surface area is 179 Å². The zero-order valence-electron chi connectivity index (χ0n) is 17.9. The van der Waals surface area contributed by atoms with E-state index < -0.39 is 10.0 Å². The molecule has 1 N–H and O–H groups in total. The summed E-state index contributed by atoms with van der Waals surface area (Å²) in [6.45, 7) is 6.55. The lowest BCUT2D eigenvalue weighted by Crippen LogP contribution is -2.47. The second-order valence-electron chi connectivity index (χ2n) is 8.30. The van der Waals surface area contributed by atoms with Crippen LogP contribution in [0.3, 0.4) is 0 Å². The van der Waals surface area contributed by atoms with Crippen molar-refractivity contribution in [3.63, 3.8) is 0 Å². The number of hydrogen-bond acceptors (Lipinski definition) is 4. The summed E-state index contributed by atoms with van der Waals surface area (Å²) in [5.41, 5.74) is 1.40. The van der Waals surface area contributed by atoms with E-state index in [1.54, 1.807) is 18.2 Å². The van der Waals surface area contributed by atoms with Crippen LogP contribution in [0.4, 0.5) is 0 Å². The van der Waals surface area contributed by atoms with E-state index in [1.807, 2.05) is 37.4 Å². The first-order chi connectivity index (χ1) is 14.3. The summed E-state index contributed by atoms with van der Waals surface area (Å²) >= 11 is 0. The highest BCUT2D eigenvalue weighted by molar-refractivity contribution is 7.89. The quantitative estimate of drug-likeness (QED) is 0.734. The Bertz CT molecular complexity index is 953. The average molecular weight is 430 g/mol. The Balaban J connectivity index is 1.79. The molecule has 0 aliphatic carbocycles. The first-order valence-electron chi connectivity index (χ1n) is 10.4. The monoisotopic (exact) mass is 429 g/mol. The molecule has 1 aliphatic heterocycles. The number of carbonyl (C=O) groups is 1. The summed E-state index contributed by atoms with van der Waals surface area (Å²) in [4.78, 5) is 15.3. The molecule has 0 aromatic heterocycles. The number of nitrogens with zero attached hydrogens (tertiary/aromatic N) is 2. The molecule has 1 aliphatic rings. The number of amides is 1. The Kier molecular flexibility index (Phi) is 7.28. The van der Waals surface area contributed by atoms with Gasteiger partial charge in [-0.2, -0.15) is 4.31 Å². The molecule has 1 amide bonds. The van der Waals surface area contributed by atoms with E-state index >= 15 is 0 Å². The fourth-order valence-electron chi connectivity index (χ4n) is 3.65. The molecule has 30 heavy (non-hydrogen) atoms. The normalized spacial score (nSPS) is 17.1. The van der Waals surface area contributed by atoms with Gasteiger partial charge >= 0.3 is 0 Å². The van der Waals surface area contributed by atoms with Crippen LogP contribution in [0.15, 0.2) is 59.5 Å².